The number of nitrogens with zero attached hydrogens (tertiary/aromatic N) is 5. The van der Waals surface area contributed by atoms with Gasteiger partial charge in [-0.25, -0.2) is 4.79 Å². The quantitative estimate of drug-likeness (QED) is 0.335. The van der Waals surface area contributed by atoms with Gasteiger partial charge in [-0.2, -0.15) is 15.0 Å². The molecule has 0 fully saturated rings. The third kappa shape index (κ3) is 5.44. The molecule has 0 saturated heterocycles. The second-order valence-electron chi connectivity index (χ2n) is 9.64. The highest BCUT2D eigenvalue weighted by atomic mass is 35.5. The Hall–Kier alpha value is -3.65. The van der Waals surface area contributed by atoms with Crippen LogP contribution in [0.4, 0.5) is 4.79 Å². The highest BCUT2D eigenvalue weighted by molar-refractivity contribution is 6.31. The lowest BCUT2D eigenvalue weighted by atomic mass is 10.1. The van der Waals surface area contributed by atoms with Gasteiger partial charge in [0, 0.05) is 29.7 Å². The molecule has 0 radical (unpaired) electrons. The number of benzene rings is 2. The van der Waals surface area contributed by atoms with Crippen LogP contribution in [0.2, 0.25) is 5.02 Å². The molecule has 4 rings (SSSR count). The van der Waals surface area contributed by atoms with Gasteiger partial charge in [-0.15, -0.1) is 0 Å². The topological polar surface area (TPSA) is 82.2 Å². The Bertz CT molecular complexity index is 1400. The maximum atomic E-state index is 13.6. The molecule has 1 amide bonds. The van der Waals surface area contributed by atoms with Gasteiger partial charge >= 0.3 is 6.09 Å². The first-order valence-corrected chi connectivity index (χ1v) is 12.2. The van der Waals surface area contributed by atoms with Crippen LogP contribution in [0.3, 0.4) is 0 Å². The Morgan fingerprint density at radius 3 is 2.47 bits per heavy atom. The van der Waals surface area contributed by atoms with Crippen LogP contribution in [0.15, 0.2) is 55.0 Å². The summed E-state index contributed by atoms with van der Waals surface area (Å²) in [6.45, 7) is 10.4. The fraction of sp³-hybridized carbons (Fsp3) is 0.333. The normalized spacial score (nSPS) is 11.6. The van der Waals surface area contributed by atoms with Crippen LogP contribution in [-0.4, -0.2) is 55.2 Å². The molecule has 4 aromatic rings. The van der Waals surface area contributed by atoms with Crippen molar-refractivity contribution in [3.05, 3.63) is 76.7 Å². The molecular formula is C27H30ClN5O3. The Morgan fingerprint density at radius 2 is 1.81 bits per heavy atom. The SMILES string of the molecule is CCN(CCc1cn(C(=O)OC(C)(C)C)c2ccc(Cl)cc12)C(=O)c1cc(C)ccc1-n1nccn1. The van der Waals surface area contributed by atoms with E-state index in [4.69, 9.17) is 16.3 Å². The average molecular weight is 508 g/mol. The van der Waals surface area contributed by atoms with Crippen LogP contribution in [-0.2, 0) is 11.2 Å². The van der Waals surface area contributed by atoms with Crippen molar-refractivity contribution in [1.82, 2.24) is 24.5 Å². The fourth-order valence-corrected chi connectivity index (χ4v) is 4.27. The zero-order chi connectivity index (χ0) is 26.0. The average Bonchev–Trinajstić information content (AvgIpc) is 3.46. The van der Waals surface area contributed by atoms with Gasteiger partial charge in [-0.3, -0.25) is 9.36 Å². The largest absolute Gasteiger partial charge is 0.443 e. The molecule has 0 unspecified atom stereocenters. The minimum absolute atomic E-state index is 0.109. The summed E-state index contributed by atoms with van der Waals surface area (Å²) in [5, 5.41) is 9.83. The minimum atomic E-state index is -0.624. The maximum absolute atomic E-state index is 13.6. The fourth-order valence-electron chi connectivity index (χ4n) is 4.10. The molecule has 188 valence electrons. The summed E-state index contributed by atoms with van der Waals surface area (Å²) in [7, 11) is 0. The number of carbonyl (C=O) groups is 2. The number of ether oxygens (including phenoxy) is 1. The lowest BCUT2D eigenvalue weighted by molar-refractivity contribution is 0.0543. The van der Waals surface area contributed by atoms with Crippen LogP contribution in [0.1, 0.15) is 49.2 Å². The summed E-state index contributed by atoms with van der Waals surface area (Å²) >= 11 is 6.28. The van der Waals surface area contributed by atoms with E-state index in [2.05, 4.69) is 10.2 Å². The van der Waals surface area contributed by atoms with Crippen LogP contribution < -0.4 is 0 Å². The highest BCUT2D eigenvalue weighted by Crippen LogP contribution is 2.27. The predicted octanol–water partition coefficient (Wildman–Crippen LogP) is 5.67. The summed E-state index contributed by atoms with van der Waals surface area (Å²) < 4.78 is 7.10. The van der Waals surface area contributed by atoms with Gasteiger partial charge in [0.05, 0.1) is 29.2 Å². The van der Waals surface area contributed by atoms with Gasteiger partial charge in [0.1, 0.15) is 5.60 Å². The molecule has 0 bridgehead atoms. The standard InChI is InChI=1S/C27H30ClN5O3/c1-6-31(25(34)22-15-18(2)7-9-24(22)33-29-12-13-30-33)14-11-19-17-32(26(35)36-27(3,4)5)23-10-8-20(28)16-21(19)23/h7-10,12-13,15-17H,6,11,14H2,1-5H3. The Balaban J connectivity index is 1.63. The zero-order valence-corrected chi connectivity index (χ0v) is 21.9. The molecule has 0 spiro atoms. The van der Waals surface area contributed by atoms with Gasteiger partial charge < -0.3 is 9.64 Å². The second-order valence-corrected chi connectivity index (χ2v) is 10.1. The smallest absolute Gasteiger partial charge is 0.419 e. The number of halogens is 1. The summed E-state index contributed by atoms with van der Waals surface area (Å²) in [5.74, 6) is -0.109. The van der Waals surface area contributed by atoms with Gasteiger partial charge in [0.2, 0.25) is 0 Å². The number of hydrogen-bond donors (Lipinski definition) is 0. The number of carbonyl (C=O) groups excluding carboxylic acids is 2. The number of aromatic nitrogens is 4. The second kappa shape index (κ2) is 10.1. The van der Waals surface area contributed by atoms with Crippen LogP contribution in [0.25, 0.3) is 16.6 Å². The molecule has 9 heteroatoms. The molecule has 0 N–H and O–H groups in total. The van der Waals surface area contributed by atoms with Gasteiger partial charge in [-0.1, -0.05) is 23.2 Å². The van der Waals surface area contributed by atoms with Crippen molar-refractivity contribution in [3.8, 4) is 5.69 Å². The van der Waals surface area contributed by atoms with E-state index in [1.165, 1.54) is 9.36 Å². The van der Waals surface area contributed by atoms with Crippen molar-refractivity contribution in [3.63, 3.8) is 0 Å². The molecule has 0 aliphatic rings. The predicted molar refractivity (Wildman–Crippen MR) is 140 cm³/mol. The number of rotatable bonds is 6. The van der Waals surface area contributed by atoms with Crippen molar-refractivity contribution in [1.29, 1.82) is 0 Å². The van der Waals surface area contributed by atoms with E-state index >= 15 is 0 Å². The van der Waals surface area contributed by atoms with E-state index in [1.54, 1.807) is 29.6 Å². The number of likely N-dealkylation sites (N-methyl/N-ethyl adjacent to an activating group) is 1. The zero-order valence-electron chi connectivity index (χ0n) is 21.2. The van der Waals surface area contributed by atoms with Crippen LogP contribution in [0, 0.1) is 6.92 Å². The summed E-state index contributed by atoms with van der Waals surface area (Å²) in [4.78, 5) is 29.7. The summed E-state index contributed by atoms with van der Waals surface area (Å²) in [6, 6.07) is 11.0. The number of aryl methyl sites for hydroxylation is 1. The van der Waals surface area contributed by atoms with Gasteiger partial charge in [0.15, 0.2) is 0 Å². The van der Waals surface area contributed by atoms with E-state index in [9.17, 15) is 9.59 Å². The van der Waals surface area contributed by atoms with Crippen LogP contribution in [0.5, 0.6) is 0 Å². The molecule has 0 saturated carbocycles. The van der Waals surface area contributed by atoms with Crippen LogP contribution >= 0.6 is 11.6 Å². The van der Waals surface area contributed by atoms with Crippen molar-refractivity contribution in [2.24, 2.45) is 0 Å². The molecule has 2 aromatic heterocycles. The molecule has 0 atom stereocenters. The summed E-state index contributed by atoms with van der Waals surface area (Å²) in [5.41, 5.74) is 3.13. The van der Waals surface area contributed by atoms with E-state index in [0.717, 1.165) is 16.5 Å². The van der Waals surface area contributed by atoms with Crippen molar-refractivity contribution < 1.29 is 14.3 Å². The van der Waals surface area contributed by atoms with E-state index in [0.29, 0.717) is 41.3 Å². The van der Waals surface area contributed by atoms with Crippen molar-refractivity contribution in [2.45, 2.75) is 46.6 Å². The molecular weight excluding hydrogens is 478 g/mol. The number of amides is 1. The maximum Gasteiger partial charge on any atom is 0.419 e. The van der Waals surface area contributed by atoms with Crippen molar-refractivity contribution in [2.75, 3.05) is 13.1 Å². The molecule has 8 nitrogen and oxygen atoms in total. The molecule has 2 heterocycles. The first kappa shape index (κ1) is 25.4. The van der Waals surface area contributed by atoms with Gasteiger partial charge in [0.25, 0.3) is 5.91 Å². The Morgan fingerprint density at radius 1 is 1.08 bits per heavy atom. The molecule has 0 aliphatic heterocycles. The monoisotopic (exact) mass is 507 g/mol. The third-order valence-corrected chi connectivity index (χ3v) is 6.01. The molecule has 36 heavy (non-hydrogen) atoms. The van der Waals surface area contributed by atoms with Gasteiger partial charge in [-0.05, 0) is 76.9 Å². The highest BCUT2D eigenvalue weighted by Gasteiger charge is 2.23. The lowest BCUT2D eigenvalue weighted by Gasteiger charge is -2.22. The van der Waals surface area contributed by atoms with E-state index < -0.39 is 11.7 Å². The first-order valence-electron chi connectivity index (χ1n) is 11.9. The molecule has 0 aliphatic carbocycles. The third-order valence-electron chi connectivity index (χ3n) is 5.78. The summed E-state index contributed by atoms with van der Waals surface area (Å²) in [6.07, 6.45) is 5.02. The van der Waals surface area contributed by atoms with E-state index in [-0.39, 0.29) is 5.91 Å². The molecule has 2 aromatic carbocycles. The van der Waals surface area contributed by atoms with E-state index in [1.807, 2.05) is 65.0 Å². The van der Waals surface area contributed by atoms with Crippen molar-refractivity contribution >= 4 is 34.5 Å². The Kier molecular flexibility index (Phi) is 7.17. The Labute approximate surface area is 215 Å². The first-order chi connectivity index (χ1) is 17.1. The number of fused-ring (bicyclic) bond motifs is 1. The lowest BCUT2D eigenvalue weighted by Crippen LogP contribution is -2.33. The number of hydrogen-bond acceptors (Lipinski definition) is 5. The minimum Gasteiger partial charge on any atom is -0.443 e.